The first-order valence-electron chi connectivity index (χ1n) is 8.85. The zero-order chi connectivity index (χ0) is 20.3. The lowest BCUT2D eigenvalue weighted by Crippen LogP contribution is -2.34. The van der Waals surface area contributed by atoms with Crippen molar-refractivity contribution in [2.75, 3.05) is 19.6 Å². The maximum Gasteiger partial charge on any atom is 0.290 e. The number of β-amino-alcohol motifs (C(OH)–C–C–N with tert-alkyl or cyclic N) is 1. The van der Waals surface area contributed by atoms with Gasteiger partial charge in [0, 0.05) is 24.7 Å². The second-order valence-electron chi connectivity index (χ2n) is 6.84. The van der Waals surface area contributed by atoms with Crippen molar-refractivity contribution in [1.29, 1.82) is 0 Å². The highest BCUT2D eigenvalue weighted by Gasteiger charge is 2.28. The summed E-state index contributed by atoms with van der Waals surface area (Å²) in [4.78, 5) is 10.6. The van der Waals surface area contributed by atoms with E-state index >= 15 is 0 Å². The third-order valence-electron chi connectivity index (χ3n) is 5.08. The number of carboxylic acid groups (broad SMARTS) is 1. The molecule has 0 saturated carbocycles. The molecule has 0 bridgehead atoms. The van der Waals surface area contributed by atoms with Gasteiger partial charge in [-0.15, -0.1) is 0 Å². The van der Waals surface area contributed by atoms with E-state index < -0.39 is 11.9 Å². The molecule has 1 unspecified atom stereocenters. The van der Waals surface area contributed by atoms with Crippen molar-refractivity contribution in [1.82, 2.24) is 4.90 Å². The first kappa shape index (κ1) is 20.8. The van der Waals surface area contributed by atoms with Crippen LogP contribution in [0.3, 0.4) is 0 Å². The normalized spacial score (nSPS) is 16.7. The van der Waals surface area contributed by atoms with Crippen LogP contribution in [0.4, 0.5) is 4.39 Å². The highest BCUT2D eigenvalue weighted by molar-refractivity contribution is 6.31. The number of halogens is 3. The molecule has 7 heteroatoms. The van der Waals surface area contributed by atoms with Crippen LogP contribution in [0.5, 0.6) is 0 Å². The molecule has 0 spiro atoms. The number of nitrogens with zero attached hydrogens (tertiary/aromatic N) is 1. The Balaban J connectivity index is 0.000000706. The number of hydrogen-bond donors (Lipinski definition) is 2. The van der Waals surface area contributed by atoms with Gasteiger partial charge in [0.25, 0.3) is 6.47 Å². The predicted octanol–water partition coefficient (Wildman–Crippen LogP) is 4.58. The van der Waals surface area contributed by atoms with E-state index in [1.54, 1.807) is 6.07 Å². The molecular weight excluding hydrogens is 404 g/mol. The molecule has 0 fully saturated rings. The second kappa shape index (κ2) is 9.05. The Morgan fingerprint density at radius 3 is 2.68 bits per heavy atom. The van der Waals surface area contributed by atoms with E-state index in [1.165, 1.54) is 34.4 Å². The molecule has 2 aliphatic rings. The molecule has 0 saturated heterocycles. The molecule has 28 heavy (non-hydrogen) atoms. The molecule has 1 atom stereocenters. The van der Waals surface area contributed by atoms with Crippen LogP contribution in [-0.4, -0.2) is 41.2 Å². The number of benzene rings is 2. The van der Waals surface area contributed by atoms with E-state index in [0.29, 0.717) is 12.1 Å². The van der Waals surface area contributed by atoms with Crippen LogP contribution in [0.2, 0.25) is 10.0 Å². The van der Waals surface area contributed by atoms with Crippen LogP contribution in [0.1, 0.15) is 29.2 Å². The van der Waals surface area contributed by atoms with E-state index in [0.717, 1.165) is 31.0 Å². The van der Waals surface area contributed by atoms with E-state index in [2.05, 4.69) is 17.0 Å². The molecule has 0 aromatic heterocycles. The minimum Gasteiger partial charge on any atom is -0.483 e. The summed E-state index contributed by atoms with van der Waals surface area (Å²) >= 11 is 12.0. The van der Waals surface area contributed by atoms with E-state index in [-0.39, 0.29) is 11.5 Å². The van der Waals surface area contributed by atoms with Crippen molar-refractivity contribution in [3.05, 3.63) is 74.5 Å². The molecule has 0 amide bonds. The molecule has 1 heterocycles. The van der Waals surface area contributed by atoms with Crippen molar-refractivity contribution in [2.45, 2.75) is 18.9 Å². The highest BCUT2D eigenvalue weighted by Crippen LogP contribution is 2.39. The average molecular weight is 424 g/mol. The number of aliphatic hydroxyl groups is 1. The fraction of sp³-hybridized carbons (Fsp3) is 0.286. The number of fused-ring (bicyclic) bond motifs is 2. The summed E-state index contributed by atoms with van der Waals surface area (Å²) in [5.74, 6) is -0.465. The quantitative estimate of drug-likeness (QED) is 0.709. The number of hydrogen-bond acceptors (Lipinski definition) is 3. The van der Waals surface area contributed by atoms with Gasteiger partial charge in [-0.3, -0.25) is 9.69 Å². The zero-order valence-electron chi connectivity index (χ0n) is 15.0. The Labute approximate surface area is 172 Å². The van der Waals surface area contributed by atoms with Crippen molar-refractivity contribution in [2.24, 2.45) is 0 Å². The highest BCUT2D eigenvalue weighted by atomic mass is 35.5. The van der Waals surface area contributed by atoms with Crippen molar-refractivity contribution >= 4 is 35.2 Å². The van der Waals surface area contributed by atoms with Gasteiger partial charge >= 0.3 is 0 Å². The second-order valence-corrected chi connectivity index (χ2v) is 7.68. The standard InChI is InChI=1S/C20H18Cl2FNO.CH2O2/c21-15-3-1-12-7-14-10-24(6-5-16(14)17(12)9-15)11-20(25)13-2-4-19(23)18(22)8-13;2-1-3/h1-4,8-9,20,25H,5-7,10-11H2;1H,(H,2,3). The van der Waals surface area contributed by atoms with Gasteiger partial charge in [-0.1, -0.05) is 35.3 Å². The minimum atomic E-state index is -0.682. The van der Waals surface area contributed by atoms with Crippen LogP contribution < -0.4 is 0 Å². The van der Waals surface area contributed by atoms with Gasteiger partial charge in [0.05, 0.1) is 11.1 Å². The summed E-state index contributed by atoms with van der Waals surface area (Å²) < 4.78 is 13.3. The third-order valence-corrected chi connectivity index (χ3v) is 5.60. The lowest BCUT2D eigenvalue weighted by atomic mass is 9.98. The average Bonchev–Trinajstić information content (AvgIpc) is 3.01. The van der Waals surface area contributed by atoms with Crippen molar-refractivity contribution in [3.8, 4) is 0 Å². The smallest absolute Gasteiger partial charge is 0.290 e. The Bertz CT molecular complexity index is 917. The molecule has 0 radical (unpaired) electrons. The first-order chi connectivity index (χ1) is 13.4. The molecule has 1 aliphatic carbocycles. The maximum absolute atomic E-state index is 13.3. The molecule has 2 aromatic carbocycles. The van der Waals surface area contributed by atoms with Crippen LogP contribution in [0.25, 0.3) is 5.57 Å². The monoisotopic (exact) mass is 423 g/mol. The number of rotatable bonds is 3. The maximum atomic E-state index is 13.3. The SMILES string of the molecule is O=CO.OC(CN1CCC2=C(Cc3ccc(Cl)cc32)C1)c1ccc(F)c(Cl)c1. The first-order valence-corrected chi connectivity index (χ1v) is 9.61. The van der Waals surface area contributed by atoms with Crippen molar-refractivity contribution < 1.29 is 19.4 Å². The van der Waals surface area contributed by atoms with Crippen molar-refractivity contribution in [3.63, 3.8) is 0 Å². The van der Waals surface area contributed by atoms with Gasteiger partial charge in [0.1, 0.15) is 5.82 Å². The summed E-state index contributed by atoms with van der Waals surface area (Å²) in [5, 5.41) is 18.2. The Kier molecular flexibility index (Phi) is 6.73. The van der Waals surface area contributed by atoms with Crippen LogP contribution in [0, 0.1) is 5.82 Å². The number of aliphatic hydroxyl groups excluding tert-OH is 1. The van der Waals surface area contributed by atoms with Gasteiger partial charge in [-0.25, -0.2) is 4.39 Å². The Hall–Kier alpha value is -1.92. The molecule has 4 nitrogen and oxygen atoms in total. The molecule has 2 N–H and O–H groups in total. The van der Waals surface area contributed by atoms with Crippen LogP contribution >= 0.6 is 23.2 Å². The summed E-state index contributed by atoms with van der Waals surface area (Å²) in [6.07, 6.45) is 1.23. The lowest BCUT2D eigenvalue weighted by molar-refractivity contribution is -0.122. The fourth-order valence-corrected chi connectivity index (χ4v) is 4.18. The lowest BCUT2D eigenvalue weighted by Gasteiger charge is -2.30. The van der Waals surface area contributed by atoms with Gasteiger partial charge < -0.3 is 10.2 Å². The molecule has 2 aromatic rings. The van der Waals surface area contributed by atoms with Gasteiger partial charge in [0.2, 0.25) is 0 Å². The minimum absolute atomic E-state index is 0.0447. The largest absolute Gasteiger partial charge is 0.483 e. The van der Waals surface area contributed by atoms with E-state index in [4.69, 9.17) is 33.1 Å². The summed E-state index contributed by atoms with van der Waals surface area (Å²) in [5.41, 5.74) is 6.09. The number of carbonyl (C=O) groups is 1. The van der Waals surface area contributed by atoms with E-state index in [9.17, 15) is 9.50 Å². The fourth-order valence-electron chi connectivity index (χ4n) is 3.82. The van der Waals surface area contributed by atoms with Gasteiger partial charge in [-0.05, 0) is 64.9 Å². The van der Waals surface area contributed by atoms with Crippen LogP contribution in [0.15, 0.2) is 42.0 Å². The van der Waals surface area contributed by atoms with E-state index in [1.807, 2.05) is 6.07 Å². The Morgan fingerprint density at radius 1 is 1.21 bits per heavy atom. The molecule has 4 rings (SSSR count). The Morgan fingerprint density at radius 2 is 1.96 bits per heavy atom. The third kappa shape index (κ3) is 4.55. The van der Waals surface area contributed by atoms with Gasteiger partial charge in [-0.2, -0.15) is 0 Å². The summed E-state index contributed by atoms with van der Waals surface area (Å²) in [6.45, 7) is 1.99. The molecule has 148 valence electrons. The molecule has 1 aliphatic heterocycles. The summed E-state index contributed by atoms with van der Waals surface area (Å²) in [6, 6.07) is 10.5. The van der Waals surface area contributed by atoms with Gasteiger partial charge in [0.15, 0.2) is 0 Å². The predicted molar refractivity (Wildman–Crippen MR) is 108 cm³/mol. The summed E-state index contributed by atoms with van der Waals surface area (Å²) in [7, 11) is 0. The zero-order valence-corrected chi connectivity index (χ0v) is 16.5. The molecular formula is C21H20Cl2FNO3. The van der Waals surface area contributed by atoms with Crippen LogP contribution in [-0.2, 0) is 11.2 Å². The topological polar surface area (TPSA) is 60.8 Å².